The van der Waals surface area contributed by atoms with Crippen LogP contribution < -0.4 is 10.6 Å². The number of carbonyl (C=O) groups excluding carboxylic acids is 2. The zero-order valence-corrected chi connectivity index (χ0v) is 15.5. The summed E-state index contributed by atoms with van der Waals surface area (Å²) in [6, 6.07) is 17.7. The van der Waals surface area contributed by atoms with E-state index >= 15 is 0 Å². The van der Waals surface area contributed by atoms with E-state index in [1.165, 1.54) is 12.3 Å². The highest BCUT2D eigenvalue weighted by Crippen LogP contribution is 2.14. The van der Waals surface area contributed by atoms with Gasteiger partial charge in [0, 0.05) is 29.0 Å². The molecule has 0 aliphatic heterocycles. The minimum Gasteiger partial charge on any atom is -0.347 e. The van der Waals surface area contributed by atoms with E-state index in [1.807, 2.05) is 31.2 Å². The maximum Gasteiger partial charge on any atom is 0.270 e. The monoisotopic (exact) mass is 379 g/mol. The highest BCUT2D eigenvalue weighted by Gasteiger charge is 2.12. The van der Waals surface area contributed by atoms with Crippen LogP contribution in [0.5, 0.6) is 0 Å². The van der Waals surface area contributed by atoms with Crippen molar-refractivity contribution in [3.05, 3.63) is 94.3 Å². The Balaban J connectivity index is 1.66. The van der Waals surface area contributed by atoms with Crippen molar-refractivity contribution < 1.29 is 9.59 Å². The van der Waals surface area contributed by atoms with E-state index in [1.54, 1.807) is 30.3 Å². The summed E-state index contributed by atoms with van der Waals surface area (Å²) >= 11 is 5.84. The fourth-order valence-electron chi connectivity index (χ4n) is 2.53. The van der Waals surface area contributed by atoms with Crippen LogP contribution in [0.3, 0.4) is 0 Å². The molecule has 0 radical (unpaired) electrons. The lowest BCUT2D eigenvalue weighted by Gasteiger charge is -2.08. The molecule has 3 aromatic rings. The first-order valence-electron chi connectivity index (χ1n) is 8.38. The van der Waals surface area contributed by atoms with Crippen LogP contribution in [0.2, 0.25) is 5.02 Å². The summed E-state index contributed by atoms with van der Waals surface area (Å²) < 4.78 is 0. The Morgan fingerprint density at radius 2 is 1.78 bits per heavy atom. The minimum absolute atomic E-state index is 0.186. The summed E-state index contributed by atoms with van der Waals surface area (Å²) in [6.07, 6.45) is 1.44. The van der Waals surface area contributed by atoms with Gasteiger partial charge in [-0.2, -0.15) is 0 Å². The van der Waals surface area contributed by atoms with Gasteiger partial charge < -0.3 is 10.6 Å². The quantitative estimate of drug-likeness (QED) is 0.697. The average molecular weight is 380 g/mol. The molecule has 136 valence electrons. The van der Waals surface area contributed by atoms with Crippen molar-refractivity contribution in [2.24, 2.45) is 0 Å². The molecule has 0 spiro atoms. The Bertz CT molecular complexity index is 971. The fourth-order valence-corrected chi connectivity index (χ4v) is 2.65. The number of benzene rings is 2. The lowest BCUT2D eigenvalue weighted by molar-refractivity contribution is 0.0946. The Morgan fingerprint density at radius 1 is 1.00 bits per heavy atom. The summed E-state index contributed by atoms with van der Waals surface area (Å²) in [5.74, 6) is -0.662. The third-order valence-corrected chi connectivity index (χ3v) is 4.14. The van der Waals surface area contributed by atoms with Crippen molar-refractivity contribution in [1.29, 1.82) is 0 Å². The Kier molecular flexibility index (Phi) is 5.84. The molecular formula is C21H18ClN3O2. The van der Waals surface area contributed by atoms with Gasteiger partial charge in [0.2, 0.25) is 0 Å². The van der Waals surface area contributed by atoms with Gasteiger partial charge in [0.15, 0.2) is 0 Å². The number of halogens is 1. The molecule has 5 nitrogen and oxygen atoms in total. The summed E-state index contributed by atoms with van der Waals surface area (Å²) in [6.45, 7) is 2.39. The number of hydrogen-bond donors (Lipinski definition) is 2. The summed E-state index contributed by atoms with van der Waals surface area (Å²) in [7, 11) is 0. The van der Waals surface area contributed by atoms with Gasteiger partial charge in [0.05, 0.1) is 0 Å². The third kappa shape index (κ3) is 5.15. The Morgan fingerprint density at radius 3 is 2.52 bits per heavy atom. The van der Waals surface area contributed by atoms with Crippen LogP contribution in [-0.4, -0.2) is 16.8 Å². The van der Waals surface area contributed by atoms with Gasteiger partial charge in [-0.05, 0) is 48.9 Å². The first-order chi connectivity index (χ1) is 13.0. The Labute approximate surface area is 162 Å². The standard InChI is InChI=1S/C21H18ClN3O2/c1-14-3-2-4-15(11-14)13-24-21(27)19-12-16(9-10-23-19)20(26)25-18-7-5-17(22)6-8-18/h2-12H,13H2,1H3,(H,24,27)(H,25,26). The summed E-state index contributed by atoms with van der Waals surface area (Å²) in [4.78, 5) is 28.8. The van der Waals surface area contributed by atoms with Gasteiger partial charge in [-0.1, -0.05) is 41.4 Å². The molecule has 2 aromatic carbocycles. The summed E-state index contributed by atoms with van der Waals surface area (Å²) in [5.41, 5.74) is 3.28. The molecule has 0 aliphatic carbocycles. The average Bonchev–Trinajstić information content (AvgIpc) is 2.68. The number of aryl methyl sites for hydroxylation is 1. The number of pyridine rings is 1. The number of anilines is 1. The topological polar surface area (TPSA) is 71.1 Å². The molecular weight excluding hydrogens is 362 g/mol. The minimum atomic E-state index is -0.336. The number of hydrogen-bond acceptors (Lipinski definition) is 3. The third-order valence-electron chi connectivity index (χ3n) is 3.89. The second-order valence-corrected chi connectivity index (χ2v) is 6.50. The van der Waals surface area contributed by atoms with E-state index in [-0.39, 0.29) is 17.5 Å². The predicted molar refractivity (Wildman–Crippen MR) is 106 cm³/mol. The number of nitrogens with one attached hydrogen (secondary N) is 2. The molecule has 27 heavy (non-hydrogen) atoms. The SMILES string of the molecule is Cc1cccc(CNC(=O)c2cc(C(=O)Nc3ccc(Cl)cc3)ccn2)c1. The molecule has 0 unspecified atom stereocenters. The van der Waals surface area contributed by atoms with Crippen molar-refractivity contribution in [3.8, 4) is 0 Å². The van der Waals surface area contributed by atoms with Crippen molar-refractivity contribution in [3.63, 3.8) is 0 Å². The van der Waals surface area contributed by atoms with Gasteiger partial charge in [-0.15, -0.1) is 0 Å². The van der Waals surface area contributed by atoms with Crippen LogP contribution in [-0.2, 0) is 6.54 Å². The van der Waals surface area contributed by atoms with E-state index in [9.17, 15) is 9.59 Å². The molecule has 2 N–H and O–H groups in total. The normalized spacial score (nSPS) is 10.3. The van der Waals surface area contributed by atoms with Crippen LogP contribution in [0.4, 0.5) is 5.69 Å². The first kappa shape index (κ1) is 18.6. The zero-order chi connectivity index (χ0) is 19.2. The molecule has 1 heterocycles. The number of aromatic nitrogens is 1. The fraction of sp³-hybridized carbons (Fsp3) is 0.0952. The molecule has 1 aromatic heterocycles. The summed E-state index contributed by atoms with van der Waals surface area (Å²) in [5, 5.41) is 6.16. The maximum atomic E-state index is 12.4. The lowest BCUT2D eigenvalue weighted by Crippen LogP contribution is -2.24. The van der Waals surface area contributed by atoms with Crippen molar-refractivity contribution in [2.75, 3.05) is 5.32 Å². The molecule has 3 rings (SSSR count). The molecule has 0 aliphatic rings. The Hall–Kier alpha value is -3.18. The van der Waals surface area contributed by atoms with E-state index in [2.05, 4.69) is 15.6 Å². The van der Waals surface area contributed by atoms with Crippen molar-refractivity contribution >= 4 is 29.1 Å². The van der Waals surface area contributed by atoms with Crippen molar-refractivity contribution in [2.45, 2.75) is 13.5 Å². The maximum absolute atomic E-state index is 12.4. The number of carbonyl (C=O) groups is 2. The first-order valence-corrected chi connectivity index (χ1v) is 8.76. The second kappa shape index (κ2) is 8.47. The van der Waals surface area contributed by atoms with Crippen LogP contribution in [0.25, 0.3) is 0 Å². The largest absolute Gasteiger partial charge is 0.347 e. The van der Waals surface area contributed by atoms with E-state index in [0.29, 0.717) is 22.8 Å². The smallest absolute Gasteiger partial charge is 0.270 e. The highest BCUT2D eigenvalue weighted by atomic mass is 35.5. The lowest BCUT2D eigenvalue weighted by atomic mass is 10.1. The second-order valence-electron chi connectivity index (χ2n) is 6.06. The van der Waals surface area contributed by atoms with Gasteiger partial charge in [-0.25, -0.2) is 0 Å². The highest BCUT2D eigenvalue weighted by molar-refractivity contribution is 6.30. The molecule has 0 atom stereocenters. The van der Waals surface area contributed by atoms with E-state index < -0.39 is 0 Å². The zero-order valence-electron chi connectivity index (χ0n) is 14.7. The molecule has 2 amide bonds. The number of amides is 2. The number of nitrogens with zero attached hydrogens (tertiary/aromatic N) is 1. The molecule has 6 heteroatoms. The van der Waals surface area contributed by atoms with Crippen LogP contribution >= 0.6 is 11.6 Å². The van der Waals surface area contributed by atoms with Crippen LogP contribution in [0.15, 0.2) is 66.9 Å². The van der Waals surface area contributed by atoms with Gasteiger partial charge in [-0.3, -0.25) is 14.6 Å². The molecule has 0 saturated heterocycles. The number of rotatable bonds is 5. The van der Waals surface area contributed by atoms with Crippen LogP contribution in [0, 0.1) is 6.92 Å². The van der Waals surface area contributed by atoms with Gasteiger partial charge in [0.1, 0.15) is 5.69 Å². The van der Waals surface area contributed by atoms with E-state index in [4.69, 9.17) is 11.6 Å². The molecule has 0 fully saturated rings. The van der Waals surface area contributed by atoms with Gasteiger partial charge >= 0.3 is 0 Å². The van der Waals surface area contributed by atoms with E-state index in [0.717, 1.165) is 11.1 Å². The predicted octanol–water partition coefficient (Wildman–Crippen LogP) is 4.23. The van der Waals surface area contributed by atoms with Gasteiger partial charge in [0.25, 0.3) is 11.8 Å². The molecule has 0 saturated carbocycles. The van der Waals surface area contributed by atoms with Crippen molar-refractivity contribution in [1.82, 2.24) is 10.3 Å². The van der Waals surface area contributed by atoms with Crippen LogP contribution in [0.1, 0.15) is 32.0 Å². The molecule has 0 bridgehead atoms.